The Bertz CT molecular complexity index is 1210. The maximum atomic E-state index is 13.6. The van der Waals surface area contributed by atoms with E-state index in [1.165, 1.54) is 10.6 Å². The number of rotatable bonds is 4. The van der Waals surface area contributed by atoms with Gasteiger partial charge in [-0.15, -0.1) is 13.2 Å². The van der Waals surface area contributed by atoms with Gasteiger partial charge in [-0.25, -0.2) is 9.37 Å². The Morgan fingerprint density at radius 3 is 2.31 bits per heavy atom. The van der Waals surface area contributed by atoms with E-state index >= 15 is 0 Å². The summed E-state index contributed by atoms with van der Waals surface area (Å²) in [5, 5.41) is 2.42. The van der Waals surface area contributed by atoms with Crippen LogP contribution in [0, 0.1) is 5.82 Å². The molecule has 35 heavy (non-hydrogen) atoms. The standard InChI is InChI=1S/C21H20BF4N3O4.C2H6/c1-19(2)20(3,4)33-22(32-19)12-7-8-29-15(11-27-17(29)9-12)18(30)28-13-5-6-14(23)16(10-13)31-21(24,25)26;1-2/h5-11H,1-4H3,(H,28,30);1-2H3. The van der Waals surface area contributed by atoms with Gasteiger partial charge in [0.05, 0.1) is 17.4 Å². The van der Waals surface area contributed by atoms with Gasteiger partial charge in [0.1, 0.15) is 11.3 Å². The van der Waals surface area contributed by atoms with Crippen molar-refractivity contribution < 1.29 is 36.4 Å². The van der Waals surface area contributed by atoms with Crippen molar-refractivity contribution in [2.75, 3.05) is 5.32 Å². The van der Waals surface area contributed by atoms with E-state index in [1.807, 2.05) is 41.5 Å². The minimum atomic E-state index is -5.07. The van der Waals surface area contributed by atoms with Gasteiger partial charge in [-0.1, -0.05) is 13.8 Å². The average molecular weight is 495 g/mol. The molecule has 1 fully saturated rings. The van der Waals surface area contributed by atoms with Crippen molar-refractivity contribution in [3.8, 4) is 5.75 Å². The zero-order valence-corrected chi connectivity index (χ0v) is 20.2. The van der Waals surface area contributed by atoms with Gasteiger partial charge in [-0.3, -0.25) is 9.20 Å². The minimum Gasteiger partial charge on any atom is -0.403 e. The zero-order chi connectivity index (χ0) is 26.2. The fraction of sp³-hybridized carbons (Fsp3) is 0.391. The van der Waals surface area contributed by atoms with Crippen molar-refractivity contribution in [3.05, 3.63) is 54.2 Å². The first kappa shape index (κ1) is 26.5. The molecule has 4 rings (SSSR count). The number of anilines is 1. The Morgan fingerprint density at radius 2 is 1.71 bits per heavy atom. The number of nitrogens with one attached hydrogen (secondary N) is 1. The molecule has 0 saturated carbocycles. The van der Waals surface area contributed by atoms with E-state index in [0.717, 1.165) is 18.2 Å². The molecule has 188 valence electrons. The first-order chi connectivity index (χ1) is 16.3. The second kappa shape index (κ2) is 9.50. The molecule has 1 N–H and O–H groups in total. The number of hydrogen-bond donors (Lipinski definition) is 1. The van der Waals surface area contributed by atoms with Gasteiger partial charge in [0.2, 0.25) is 0 Å². The third-order valence-electron chi connectivity index (χ3n) is 5.71. The van der Waals surface area contributed by atoms with Crippen molar-refractivity contribution in [2.45, 2.75) is 59.1 Å². The predicted molar refractivity (Wildman–Crippen MR) is 123 cm³/mol. The van der Waals surface area contributed by atoms with E-state index in [2.05, 4.69) is 15.0 Å². The molecule has 3 heterocycles. The van der Waals surface area contributed by atoms with Crippen LogP contribution in [0.2, 0.25) is 0 Å². The largest absolute Gasteiger partial charge is 0.573 e. The van der Waals surface area contributed by atoms with Gasteiger partial charge < -0.3 is 19.4 Å². The van der Waals surface area contributed by atoms with E-state index in [1.54, 1.807) is 18.3 Å². The van der Waals surface area contributed by atoms with Gasteiger partial charge >= 0.3 is 13.5 Å². The van der Waals surface area contributed by atoms with Crippen LogP contribution in [0.3, 0.4) is 0 Å². The topological polar surface area (TPSA) is 74.1 Å². The summed E-state index contributed by atoms with van der Waals surface area (Å²) in [6, 6.07) is 6.07. The van der Waals surface area contributed by atoms with E-state index in [-0.39, 0.29) is 11.4 Å². The van der Waals surface area contributed by atoms with Crippen LogP contribution in [0.25, 0.3) is 5.65 Å². The van der Waals surface area contributed by atoms with Gasteiger partial charge in [0.15, 0.2) is 11.6 Å². The molecule has 0 spiro atoms. The number of hydrogen-bond acceptors (Lipinski definition) is 5. The molecule has 0 radical (unpaired) electrons. The molecule has 1 aromatic carbocycles. The lowest BCUT2D eigenvalue weighted by atomic mass is 9.80. The van der Waals surface area contributed by atoms with Gasteiger partial charge in [0, 0.05) is 18.0 Å². The number of carbonyl (C=O) groups is 1. The third kappa shape index (κ3) is 5.59. The number of benzene rings is 1. The summed E-state index contributed by atoms with van der Waals surface area (Å²) >= 11 is 0. The number of fused-ring (bicyclic) bond motifs is 1. The lowest BCUT2D eigenvalue weighted by Crippen LogP contribution is -2.41. The molecule has 1 aliphatic heterocycles. The number of ether oxygens (including phenoxy) is 1. The van der Waals surface area contributed by atoms with E-state index in [0.29, 0.717) is 11.1 Å². The average Bonchev–Trinajstić information content (AvgIpc) is 3.28. The molecule has 1 saturated heterocycles. The monoisotopic (exact) mass is 495 g/mol. The molecule has 0 aliphatic carbocycles. The maximum absolute atomic E-state index is 13.6. The summed E-state index contributed by atoms with van der Waals surface area (Å²) in [7, 11) is -0.611. The number of carbonyl (C=O) groups excluding carboxylic acids is 1. The summed E-state index contributed by atoms with van der Waals surface area (Å²) in [6.07, 6.45) is -2.14. The van der Waals surface area contributed by atoms with Crippen molar-refractivity contribution in [1.82, 2.24) is 9.38 Å². The van der Waals surface area contributed by atoms with Crippen LogP contribution in [0.4, 0.5) is 23.2 Å². The number of aromatic nitrogens is 2. The SMILES string of the molecule is CC.CC1(C)OB(c2ccn3c(C(=O)Nc4ccc(F)c(OC(F)(F)F)c4)cnc3c2)OC1(C)C. The lowest BCUT2D eigenvalue weighted by molar-refractivity contribution is -0.275. The highest BCUT2D eigenvalue weighted by Crippen LogP contribution is 2.36. The molecule has 0 unspecified atom stereocenters. The minimum absolute atomic E-state index is 0.0792. The number of halogens is 4. The molecular formula is C23H26BF4N3O4. The summed E-state index contributed by atoms with van der Waals surface area (Å²) < 4.78 is 68.1. The highest BCUT2D eigenvalue weighted by molar-refractivity contribution is 6.62. The number of imidazole rings is 1. The van der Waals surface area contributed by atoms with Gasteiger partial charge in [0.25, 0.3) is 5.91 Å². The van der Waals surface area contributed by atoms with Crippen molar-refractivity contribution >= 4 is 29.8 Å². The van der Waals surface area contributed by atoms with Crippen LogP contribution in [0.15, 0.2) is 42.7 Å². The first-order valence-corrected chi connectivity index (χ1v) is 10.9. The van der Waals surface area contributed by atoms with Crippen LogP contribution < -0.4 is 15.5 Å². The van der Waals surface area contributed by atoms with E-state index in [9.17, 15) is 22.4 Å². The summed E-state index contributed by atoms with van der Waals surface area (Å²) in [5.41, 5.74) is 0.152. The smallest absolute Gasteiger partial charge is 0.403 e. The van der Waals surface area contributed by atoms with Crippen molar-refractivity contribution in [3.63, 3.8) is 0 Å². The molecule has 3 aromatic rings. The Labute approximate surface area is 200 Å². The molecule has 12 heteroatoms. The molecule has 1 amide bonds. The van der Waals surface area contributed by atoms with Crippen molar-refractivity contribution in [1.29, 1.82) is 0 Å². The highest BCUT2D eigenvalue weighted by Gasteiger charge is 2.51. The third-order valence-corrected chi connectivity index (χ3v) is 5.71. The predicted octanol–water partition coefficient (Wildman–Crippen LogP) is 4.95. The Morgan fingerprint density at radius 1 is 1.09 bits per heavy atom. The van der Waals surface area contributed by atoms with Crippen molar-refractivity contribution in [2.24, 2.45) is 0 Å². The van der Waals surface area contributed by atoms with Crippen LogP contribution in [-0.4, -0.2) is 40.0 Å². The molecule has 7 nitrogen and oxygen atoms in total. The Balaban J connectivity index is 0.00000167. The Hall–Kier alpha value is -3.12. The second-order valence-electron chi connectivity index (χ2n) is 8.57. The van der Waals surface area contributed by atoms with E-state index in [4.69, 9.17) is 9.31 Å². The number of pyridine rings is 1. The maximum Gasteiger partial charge on any atom is 0.573 e. The van der Waals surface area contributed by atoms with Crippen LogP contribution >= 0.6 is 0 Å². The summed E-state index contributed by atoms with van der Waals surface area (Å²) in [4.78, 5) is 16.9. The molecule has 0 atom stereocenters. The second-order valence-corrected chi connectivity index (χ2v) is 8.57. The fourth-order valence-electron chi connectivity index (χ4n) is 3.27. The van der Waals surface area contributed by atoms with Gasteiger partial charge in [-0.05, 0) is 57.4 Å². The Kier molecular flexibility index (Phi) is 7.19. The summed E-state index contributed by atoms with van der Waals surface area (Å²) in [5.74, 6) is -2.92. The zero-order valence-electron chi connectivity index (χ0n) is 20.2. The van der Waals surface area contributed by atoms with Crippen LogP contribution in [-0.2, 0) is 9.31 Å². The number of nitrogens with zero attached hydrogens (tertiary/aromatic N) is 2. The molecule has 2 aromatic heterocycles. The highest BCUT2D eigenvalue weighted by atomic mass is 19.4. The van der Waals surface area contributed by atoms with Gasteiger partial charge in [-0.2, -0.15) is 0 Å². The number of amides is 1. The number of alkyl halides is 3. The first-order valence-electron chi connectivity index (χ1n) is 10.9. The molecule has 0 bridgehead atoms. The fourth-order valence-corrected chi connectivity index (χ4v) is 3.27. The summed E-state index contributed by atoms with van der Waals surface area (Å²) in [6.45, 7) is 11.7. The normalized spacial score (nSPS) is 16.6. The quantitative estimate of drug-likeness (QED) is 0.410. The molecular weight excluding hydrogens is 469 g/mol. The molecule has 1 aliphatic rings. The van der Waals surface area contributed by atoms with E-state index < -0.39 is 42.2 Å². The van der Waals surface area contributed by atoms with Crippen LogP contribution in [0.5, 0.6) is 5.75 Å². The lowest BCUT2D eigenvalue weighted by Gasteiger charge is -2.32. The van der Waals surface area contributed by atoms with Crippen LogP contribution in [0.1, 0.15) is 52.0 Å².